The number of aliphatic imine (C=N–C) groups is 1. The molecule has 6 nitrogen and oxygen atoms in total. The summed E-state index contributed by atoms with van der Waals surface area (Å²) in [5, 5.41) is 7.01. The number of H-pyrrole nitrogens is 1. The minimum absolute atomic E-state index is 0.120. The Morgan fingerprint density at radius 3 is 2.86 bits per heavy atom. The lowest BCUT2D eigenvalue weighted by Gasteiger charge is -2.34. The molecule has 1 fully saturated rings. The number of hydrogen-bond acceptors (Lipinski definition) is 2. The van der Waals surface area contributed by atoms with Crippen LogP contribution in [0.3, 0.4) is 0 Å². The quantitative estimate of drug-likeness (QED) is 0.527. The molecule has 2 heterocycles. The first-order chi connectivity index (χ1) is 13.6. The van der Waals surface area contributed by atoms with Gasteiger partial charge in [0.2, 0.25) is 5.91 Å². The molecule has 28 heavy (non-hydrogen) atoms. The number of guanidine groups is 1. The monoisotopic (exact) mass is 387 g/mol. The molecule has 1 amide bonds. The molecule has 7 heteroatoms. The number of carbonyl (C=O) groups is 1. The van der Waals surface area contributed by atoms with Crippen LogP contribution in [-0.4, -0.2) is 55.0 Å². The number of likely N-dealkylation sites (tertiary alicyclic amines) is 1. The molecule has 1 saturated heterocycles. The lowest BCUT2D eigenvalue weighted by atomic mass is 9.93. The highest BCUT2D eigenvalue weighted by Gasteiger charge is 2.23. The molecule has 1 aliphatic heterocycles. The van der Waals surface area contributed by atoms with Gasteiger partial charge in [0.25, 0.3) is 0 Å². The van der Waals surface area contributed by atoms with Gasteiger partial charge >= 0.3 is 0 Å². The summed E-state index contributed by atoms with van der Waals surface area (Å²) < 4.78 is 13.5. The number of fused-ring (bicyclic) bond motifs is 1. The Morgan fingerprint density at radius 2 is 2.14 bits per heavy atom. The number of carbonyl (C=O) groups excluding carboxylic acids is 1. The van der Waals surface area contributed by atoms with E-state index < -0.39 is 0 Å². The SMILES string of the molecule is CCNC(=NCCc1c[nH]c2ccc(F)cc12)N1CCC(CC(=O)NC)CC1. The van der Waals surface area contributed by atoms with Crippen LogP contribution in [0.5, 0.6) is 0 Å². The summed E-state index contributed by atoms with van der Waals surface area (Å²) in [4.78, 5) is 21.8. The molecule has 0 atom stereocenters. The van der Waals surface area contributed by atoms with Crippen LogP contribution in [0, 0.1) is 11.7 Å². The Kier molecular flexibility index (Phi) is 6.90. The van der Waals surface area contributed by atoms with Crippen LogP contribution in [0.2, 0.25) is 0 Å². The van der Waals surface area contributed by atoms with Crippen molar-refractivity contribution in [2.24, 2.45) is 10.9 Å². The highest BCUT2D eigenvalue weighted by molar-refractivity contribution is 5.83. The molecule has 0 spiro atoms. The van der Waals surface area contributed by atoms with Gasteiger partial charge in [0.1, 0.15) is 5.82 Å². The summed E-state index contributed by atoms with van der Waals surface area (Å²) in [7, 11) is 1.69. The number of aromatic nitrogens is 1. The standard InChI is InChI=1S/C21H30FN5O/c1-3-24-21(27-10-7-15(8-11-27)12-20(28)23-2)25-9-6-16-14-26-19-5-4-17(22)13-18(16)19/h4-5,13-15,26H,3,6-12H2,1-2H3,(H,23,28)(H,24,25). The van der Waals surface area contributed by atoms with Crippen molar-refractivity contribution in [3.8, 4) is 0 Å². The van der Waals surface area contributed by atoms with E-state index in [2.05, 4.69) is 27.4 Å². The van der Waals surface area contributed by atoms with Gasteiger partial charge in [0.15, 0.2) is 5.96 Å². The van der Waals surface area contributed by atoms with Gasteiger partial charge in [-0.25, -0.2) is 4.39 Å². The molecular formula is C21H30FN5O. The van der Waals surface area contributed by atoms with Crippen LogP contribution in [0.25, 0.3) is 10.9 Å². The lowest BCUT2D eigenvalue weighted by Crippen LogP contribution is -2.46. The third kappa shape index (κ3) is 5.03. The minimum Gasteiger partial charge on any atom is -0.361 e. The fourth-order valence-electron chi connectivity index (χ4n) is 3.78. The maximum atomic E-state index is 13.5. The Balaban J connectivity index is 1.58. The van der Waals surface area contributed by atoms with Crippen LogP contribution in [0.4, 0.5) is 4.39 Å². The predicted molar refractivity (Wildman–Crippen MR) is 111 cm³/mol. The van der Waals surface area contributed by atoms with Gasteiger partial charge in [0, 0.05) is 56.7 Å². The maximum Gasteiger partial charge on any atom is 0.220 e. The van der Waals surface area contributed by atoms with Crippen molar-refractivity contribution in [1.82, 2.24) is 20.5 Å². The lowest BCUT2D eigenvalue weighted by molar-refractivity contribution is -0.121. The van der Waals surface area contributed by atoms with Gasteiger partial charge in [-0.2, -0.15) is 0 Å². The van der Waals surface area contributed by atoms with Crippen LogP contribution < -0.4 is 10.6 Å². The molecule has 0 radical (unpaired) electrons. The zero-order chi connectivity index (χ0) is 19.9. The predicted octanol–water partition coefficient (Wildman–Crippen LogP) is 2.66. The molecule has 152 valence electrons. The van der Waals surface area contributed by atoms with Crippen molar-refractivity contribution in [2.75, 3.05) is 33.2 Å². The third-order valence-electron chi connectivity index (χ3n) is 5.37. The fraction of sp³-hybridized carbons (Fsp3) is 0.524. The number of aromatic amines is 1. The van der Waals surface area contributed by atoms with Crippen molar-refractivity contribution in [1.29, 1.82) is 0 Å². The van der Waals surface area contributed by atoms with E-state index in [0.29, 0.717) is 18.9 Å². The molecule has 3 rings (SSSR count). The first-order valence-electron chi connectivity index (χ1n) is 10.1. The average Bonchev–Trinajstić information content (AvgIpc) is 3.10. The summed E-state index contributed by atoms with van der Waals surface area (Å²) in [5.74, 6) is 1.27. The molecule has 1 aromatic heterocycles. The summed E-state index contributed by atoms with van der Waals surface area (Å²) in [6, 6.07) is 4.82. The van der Waals surface area contributed by atoms with Gasteiger partial charge in [-0.1, -0.05) is 0 Å². The Morgan fingerprint density at radius 1 is 1.36 bits per heavy atom. The van der Waals surface area contributed by atoms with E-state index in [0.717, 1.165) is 61.3 Å². The molecule has 2 aromatic rings. The summed E-state index contributed by atoms with van der Waals surface area (Å²) >= 11 is 0. The summed E-state index contributed by atoms with van der Waals surface area (Å²) in [6.07, 6.45) is 5.30. The summed E-state index contributed by atoms with van der Waals surface area (Å²) in [5.41, 5.74) is 2.03. The van der Waals surface area contributed by atoms with Crippen LogP contribution in [0.15, 0.2) is 29.4 Å². The van der Waals surface area contributed by atoms with Gasteiger partial charge in [-0.15, -0.1) is 0 Å². The number of nitrogens with one attached hydrogen (secondary N) is 3. The third-order valence-corrected chi connectivity index (χ3v) is 5.37. The summed E-state index contributed by atoms with van der Waals surface area (Å²) in [6.45, 7) is 5.34. The zero-order valence-electron chi connectivity index (χ0n) is 16.7. The number of rotatable bonds is 6. The average molecular weight is 388 g/mol. The van der Waals surface area contributed by atoms with E-state index in [9.17, 15) is 9.18 Å². The van der Waals surface area contributed by atoms with Crippen LogP contribution >= 0.6 is 0 Å². The number of benzene rings is 1. The molecule has 0 bridgehead atoms. The number of nitrogens with zero attached hydrogens (tertiary/aromatic N) is 2. The fourth-order valence-corrected chi connectivity index (χ4v) is 3.78. The van der Waals surface area contributed by atoms with E-state index >= 15 is 0 Å². The van der Waals surface area contributed by atoms with Gasteiger partial charge in [-0.05, 0) is 55.9 Å². The largest absolute Gasteiger partial charge is 0.361 e. The molecule has 1 aliphatic rings. The first-order valence-corrected chi connectivity index (χ1v) is 10.1. The van der Waals surface area contributed by atoms with E-state index in [1.807, 2.05) is 6.20 Å². The van der Waals surface area contributed by atoms with Crippen LogP contribution in [0.1, 0.15) is 31.7 Å². The van der Waals surface area contributed by atoms with E-state index in [1.54, 1.807) is 19.2 Å². The topological polar surface area (TPSA) is 72.5 Å². The molecule has 1 aromatic carbocycles. The Hall–Kier alpha value is -2.57. The smallest absolute Gasteiger partial charge is 0.220 e. The number of piperidine rings is 1. The van der Waals surface area contributed by atoms with E-state index in [4.69, 9.17) is 4.99 Å². The van der Waals surface area contributed by atoms with Crippen molar-refractivity contribution >= 4 is 22.8 Å². The molecule has 0 aliphatic carbocycles. The molecule has 3 N–H and O–H groups in total. The second-order valence-electron chi connectivity index (χ2n) is 7.30. The number of hydrogen-bond donors (Lipinski definition) is 3. The van der Waals surface area contributed by atoms with Crippen molar-refractivity contribution < 1.29 is 9.18 Å². The molecular weight excluding hydrogens is 357 g/mol. The second kappa shape index (κ2) is 9.57. The first kappa shape index (κ1) is 20.2. The number of amides is 1. The highest BCUT2D eigenvalue weighted by Crippen LogP contribution is 2.21. The van der Waals surface area contributed by atoms with Crippen molar-refractivity contribution in [3.63, 3.8) is 0 Å². The van der Waals surface area contributed by atoms with Gasteiger partial charge < -0.3 is 20.5 Å². The minimum atomic E-state index is -0.218. The molecule has 0 unspecified atom stereocenters. The Labute approximate surface area is 165 Å². The van der Waals surface area contributed by atoms with E-state index in [-0.39, 0.29) is 11.7 Å². The van der Waals surface area contributed by atoms with E-state index in [1.165, 1.54) is 6.07 Å². The normalized spacial score (nSPS) is 15.8. The maximum absolute atomic E-state index is 13.5. The van der Waals surface area contributed by atoms with Gasteiger partial charge in [0.05, 0.1) is 0 Å². The van der Waals surface area contributed by atoms with Crippen LogP contribution in [-0.2, 0) is 11.2 Å². The molecule has 0 saturated carbocycles. The number of halogens is 1. The van der Waals surface area contributed by atoms with Gasteiger partial charge in [-0.3, -0.25) is 9.79 Å². The van der Waals surface area contributed by atoms with Crippen molar-refractivity contribution in [2.45, 2.75) is 32.6 Å². The second-order valence-corrected chi connectivity index (χ2v) is 7.30. The zero-order valence-corrected chi connectivity index (χ0v) is 16.7. The van der Waals surface area contributed by atoms with Crippen molar-refractivity contribution in [3.05, 3.63) is 35.8 Å². The Bertz CT molecular complexity index is 823. The highest BCUT2D eigenvalue weighted by atomic mass is 19.1.